The minimum Gasteiger partial charge on any atom is -0.255 e. The largest absolute Gasteiger partial charge is 0.255 e. The van der Waals surface area contributed by atoms with Crippen molar-refractivity contribution in [1.82, 2.24) is 5.01 Å². The molecule has 2 nitrogen and oxygen atoms in total. The summed E-state index contributed by atoms with van der Waals surface area (Å²) in [7, 11) is 0. The second-order valence-electron chi connectivity index (χ2n) is 3.49. The Hall–Kier alpha value is -1.38. The molecule has 0 bridgehead atoms. The Balaban J connectivity index is 2.26. The van der Waals surface area contributed by atoms with Gasteiger partial charge in [0.05, 0.1) is 10.7 Å². The SMILES string of the molecule is ClC1=C(Cl)N2C=CC=CN2c2ccccc21. The summed E-state index contributed by atoms with van der Waals surface area (Å²) in [5.41, 5.74) is 1.97. The van der Waals surface area contributed by atoms with Gasteiger partial charge in [0.15, 0.2) is 0 Å². The van der Waals surface area contributed by atoms with Gasteiger partial charge in [-0.15, -0.1) is 0 Å². The summed E-state index contributed by atoms with van der Waals surface area (Å²) in [6, 6.07) is 7.90. The van der Waals surface area contributed by atoms with Gasteiger partial charge in [0.1, 0.15) is 5.16 Å². The highest BCUT2D eigenvalue weighted by Crippen LogP contribution is 2.41. The summed E-state index contributed by atoms with van der Waals surface area (Å²) >= 11 is 12.5. The fourth-order valence-electron chi connectivity index (χ4n) is 1.83. The maximum atomic E-state index is 6.24. The van der Waals surface area contributed by atoms with Crippen LogP contribution in [0.25, 0.3) is 5.03 Å². The minimum absolute atomic E-state index is 0.515. The van der Waals surface area contributed by atoms with Crippen LogP contribution in [-0.4, -0.2) is 5.01 Å². The monoisotopic (exact) mass is 250 g/mol. The van der Waals surface area contributed by atoms with Gasteiger partial charge in [-0.25, -0.2) is 5.01 Å². The van der Waals surface area contributed by atoms with Gasteiger partial charge in [-0.2, -0.15) is 0 Å². The van der Waals surface area contributed by atoms with E-state index in [-0.39, 0.29) is 0 Å². The van der Waals surface area contributed by atoms with E-state index in [0.29, 0.717) is 10.2 Å². The fraction of sp³-hybridized carbons (Fsp3) is 0. The van der Waals surface area contributed by atoms with Crippen LogP contribution in [0.5, 0.6) is 0 Å². The van der Waals surface area contributed by atoms with Gasteiger partial charge in [-0.05, 0) is 18.2 Å². The van der Waals surface area contributed by atoms with Gasteiger partial charge in [0.2, 0.25) is 0 Å². The molecule has 4 heteroatoms. The highest BCUT2D eigenvalue weighted by molar-refractivity contribution is 6.55. The summed E-state index contributed by atoms with van der Waals surface area (Å²) in [6.07, 6.45) is 7.69. The molecule has 0 fully saturated rings. The number of halogens is 2. The highest BCUT2D eigenvalue weighted by atomic mass is 35.5. The van der Waals surface area contributed by atoms with Crippen LogP contribution in [0.2, 0.25) is 0 Å². The van der Waals surface area contributed by atoms with Crippen LogP contribution in [0.1, 0.15) is 5.56 Å². The van der Waals surface area contributed by atoms with Crippen molar-refractivity contribution in [1.29, 1.82) is 0 Å². The van der Waals surface area contributed by atoms with Crippen molar-refractivity contribution in [3.8, 4) is 0 Å². The molecule has 0 radical (unpaired) electrons. The molecule has 1 aromatic carbocycles. The Morgan fingerprint density at radius 1 is 0.875 bits per heavy atom. The number of rotatable bonds is 0. The summed E-state index contributed by atoms with van der Waals surface area (Å²) in [5, 5.41) is 4.87. The van der Waals surface area contributed by atoms with E-state index in [1.54, 1.807) is 0 Å². The smallest absolute Gasteiger partial charge is 0.148 e. The van der Waals surface area contributed by atoms with Crippen molar-refractivity contribution in [3.05, 3.63) is 59.5 Å². The number of hydrogen-bond donors (Lipinski definition) is 0. The number of allylic oxidation sites excluding steroid dienone is 2. The second-order valence-corrected chi connectivity index (χ2v) is 4.23. The third-order valence-corrected chi connectivity index (χ3v) is 3.41. The first kappa shape index (κ1) is 9.82. The maximum Gasteiger partial charge on any atom is 0.148 e. The molecule has 0 N–H and O–H groups in total. The number of hydrogen-bond acceptors (Lipinski definition) is 2. The summed E-state index contributed by atoms with van der Waals surface area (Å²) in [4.78, 5) is 0. The minimum atomic E-state index is 0.515. The molecule has 0 unspecified atom stereocenters. The van der Waals surface area contributed by atoms with E-state index in [1.165, 1.54) is 0 Å². The van der Waals surface area contributed by atoms with E-state index in [1.807, 2.05) is 58.8 Å². The van der Waals surface area contributed by atoms with E-state index < -0.39 is 0 Å². The average molecular weight is 251 g/mol. The maximum absolute atomic E-state index is 6.24. The van der Waals surface area contributed by atoms with Gasteiger partial charge in [0, 0.05) is 18.0 Å². The summed E-state index contributed by atoms with van der Waals surface area (Å²) in [6.45, 7) is 0. The van der Waals surface area contributed by atoms with Crippen molar-refractivity contribution >= 4 is 33.9 Å². The third-order valence-electron chi connectivity index (χ3n) is 2.57. The lowest BCUT2D eigenvalue weighted by atomic mass is 10.1. The van der Waals surface area contributed by atoms with Crippen LogP contribution in [0, 0.1) is 0 Å². The molecular weight excluding hydrogens is 243 g/mol. The summed E-state index contributed by atoms with van der Waals surface area (Å²) in [5.74, 6) is 0. The van der Waals surface area contributed by atoms with Gasteiger partial charge in [0.25, 0.3) is 0 Å². The number of anilines is 1. The lowest BCUT2D eigenvalue weighted by molar-refractivity contribution is 0.490. The molecule has 0 aliphatic carbocycles. The van der Waals surface area contributed by atoms with E-state index in [4.69, 9.17) is 23.2 Å². The Kier molecular flexibility index (Phi) is 2.20. The number of benzene rings is 1. The number of fused-ring (bicyclic) bond motifs is 3. The Bertz CT molecular complexity index is 532. The van der Waals surface area contributed by atoms with Crippen molar-refractivity contribution in [2.75, 3.05) is 5.01 Å². The first-order chi connectivity index (χ1) is 7.79. The van der Waals surface area contributed by atoms with E-state index in [9.17, 15) is 0 Å². The van der Waals surface area contributed by atoms with Crippen molar-refractivity contribution < 1.29 is 0 Å². The quantitative estimate of drug-likeness (QED) is 0.646. The predicted octanol–water partition coefficient (Wildman–Crippen LogP) is 3.87. The normalized spacial score (nSPS) is 17.6. The molecule has 1 aromatic rings. The summed E-state index contributed by atoms with van der Waals surface area (Å²) < 4.78 is 0. The number of para-hydroxylation sites is 1. The van der Waals surface area contributed by atoms with Gasteiger partial charge < -0.3 is 0 Å². The zero-order valence-electron chi connectivity index (χ0n) is 8.27. The first-order valence-corrected chi connectivity index (χ1v) is 5.62. The molecule has 16 heavy (non-hydrogen) atoms. The number of nitrogens with zero attached hydrogens (tertiary/aromatic N) is 2. The predicted molar refractivity (Wildman–Crippen MR) is 67.7 cm³/mol. The zero-order valence-corrected chi connectivity index (χ0v) is 9.78. The van der Waals surface area contributed by atoms with Crippen LogP contribution >= 0.6 is 23.2 Å². The molecule has 2 aliphatic heterocycles. The van der Waals surface area contributed by atoms with Crippen LogP contribution in [0.15, 0.2) is 54.0 Å². The van der Waals surface area contributed by atoms with E-state index in [0.717, 1.165) is 11.3 Å². The molecule has 0 saturated carbocycles. The molecule has 2 heterocycles. The zero-order chi connectivity index (χ0) is 11.1. The van der Waals surface area contributed by atoms with Gasteiger partial charge in [-0.3, -0.25) is 5.01 Å². The van der Waals surface area contributed by atoms with Crippen LogP contribution in [-0.2, 0) is 0 Å². The molecule has 0 amide bonds. The van der Waals surface area contributed by atoms with Crippen LogP contribution in [0.4, 0.5) is 5.69 Å². The topological polar surface area (TPSA) is 6.48 Å². The molecule has 3 rings (SSSR count). The van der Waals surface area contributed by atoms with Crippen molar-refractivity contribution in [2.24, 2.45) is 0 Å². The standard InChI is InChI=1S/C12H8Cl2N2/c13-11-9-5-1-2-6-10(9)15-7-3-4-8-16(15)12(11)14/h1-8H. The first-order valence-electron chi connectivity index (χ1n) is 4.87. The Morgan fingerprint density at radius 3 is 2.38 bits per heavy atom. The molecule has 2 aliphatic rings. The van der Waals surface area contributed by atoms with E-state index in [2.05, 4.69) is 0 Å². The van der Waals surface area contributed by atoms with Crippen molar-refractivity contribution in [3.63, 3.8) is 0 Å². The van der Waals surface area contributed by atoms with Crippen molar-refractivity contribution in [2.45, 2.75) is 0 Å². The van der Waals surface area contributed by atoms with Crippen LogP contribution < -0.4 is 5.01 Å². The molecule has 0 saturated heterocycles. The Labute approximate surface area is 104 Å². The van der Waals surface area contributed by atoms with Gasteiger partial charge in [-0.1, -0.05) is 41.4 Å². The third kappa shape index (κ3) is 1.27. The Morgan fingerprint density at radius 2 is 1.56 bits per heavy atom. The van der Waals surface area contributed by atoms with Crippen LogP contribution in [0.3, 0.4) is 0 Å². The average Bonchev–Trinajstić information content (AvgIpc) is 2.36. The molecule has 0 aromatic heterocycles. The van der Waals surface area contributed by atoms with E-state index >= 15 is 0 Å². The fourth-order valence-corrected chi connectivity index (χ4v) is 2.32. The second kappa shape index (κ2) is 3.58. The lowest BCUT2D eigenvalue weighted by Gasteiger charge is -2.38. The lowest BCUT2D eigenvalue weighted by Crippen LogP contribution is -2.37. The highest BCUT2D eigenvalue weighted by Gasteiger charge is 2.27. The molecular formula is C12H8Cl2N2. The molecule has 0 spiro atoms. The van der Waals surface area contributed by atoms with Gasteiger partial charge >= 0.3 is 0 Å². The molecule has 80 valence electrons. The number of hydrazine groups is 1. The molecule has 0 atom stereocenters.